The smallest absolute Gasteiger partial charge is 0.255 e. The molecule has 0 saturated heterocycles. The second-order valence-electron chi connectivity index (χ2n) is 7.67. The van der Waals surface area contributed by atoms with E-state index in [2.05, 4.69) is 10.6 Å². The van der Waals surface area contributed by atoms with E-state index >= 15 is 0 Å². The molecular formula is C25H25N3O5. The lowest BCUT2D eigenvalue weighted by Crippen LogP contribution is -2.29. The number of amides is 2. The highest BCUT2D eigenvalue weighted by Crippen LogP contribution is 2.32. The van der Waals surface area contributed by atoms with Crippen LogP contribution in [-0.4, -0.2) is 44.2 Å². The number of carbonyl (C=O) groups excluding carboxylic acids is 2. The van der Waals surface area contributed by atoms with E-state index in [0.717, 1.165) is 22.8 Å². The Morgan fingerprint density at radius 2 is 1.58 bits per heavy atom. The molecule has 0 bridgehead atoms. The van der Waals surface area contributed by atoms with Crippen LogP contribution in [0.3, 0.4) is 0 Å². The topological polar surface area (TPSA) is 89.1 Å². The van der Waals surface area contributed by atoms with Gasteiger partial charge in [0.05, 0.1) is 13.7 Å². The van der Waals surface area contributed by atoms with Gasteiger partial charge in [0.15, 0.2) is 11.5 Å². The van der Waals surface area contributed by atoms with Gasteiger partial charge in [-0.05, 0) is 73.3 Å². The number of hydrogen-bond donors (Lipinski definition) is 2. The van der Waals surface area contributed by atoms with Crippen molar-refractivity contribution in [2.45, 2.75) is 6.54 Å². The zero-order valence-electron chi connectivity index (χ0n) is 18.5. The van der Waals surface area contributed by atoms with Crippen molar-refractivity contribution in [1.29, 1.82) is 0 Å². The molecule has 0 atom stereocenters. The molecule has 1 heterocycles. The molecule has 170 valence electrons. The number of nitrogens with one attached hydrogen (secondary N) is 2. The number of ether oxygens (including phenoxy) is 3. The van der Waals surface area contributed by atoms with Crippen molar-refractivity contribution >= 4 is 23.2 Å². The zero-order chi connectivity index (χ0) is 23.2. The van der Waals surface area contributed by atoms with Crippen LogP contribution >= 0.6 is 0 Å². The third-order valence-corrected chi connectivity index (χ3v) is 5.08. The van der Waals surface area contributed by atoms with E-state index in [4.69, 9.17) is 14.2 Å². The number of nitrogens with zero attached hydrogens (tertiary/aromatic N) is 1. The quantitative estimate of drug-likeness (QED) is 0.547. The van der Waals surface area contributed by atoms with Crippen molar-refractivity contribution in [2.24, 2.45) is 0 Å². The molecule has 3 aromatic carbocycles. The van der Waals surface area contributed by atoms with E-state index in [1.54, 1.807) is 55.6 Å². The summed E-state index contributed by atoms with van der Waals surface area (Å²) in [5, 5.41) is 5.69. The number of methoxy groups -OCH3 is 1. The van der Waals surface area contributed by atoms with Crippen LogP contribution in [0.2, 0.25) is 0 Å². The largest absolute Gasteiger partial charge is 0.497 e. The molecule has 8 heteroatoms. The van der Waals surface area contributed by atoms with Crippen LogP contribution in [0.15, 0.2) is 66.7 Å². The van der Waals surface area contributed by atoms with E-state index in [-0.39, 0.29) is 25.2 Å². The summed E-state index contributed by atoms with van der Waals surface area (Å²) in [6.45, 7) is 1.04. The number of anilines is 2. The van der Waals surface area contributed by atoms with Crippen LogP contribution in [0.25, 0.3) is 0 Å². The SMILES string of the molecule is COc1ccc(NC(=O)c2ccc(NC(=O)CN(C)Cc3ccc4c(c3)OCO4)cc2)cc1. The van der Waals surface area contributed by atoms with Crippen molar-refractivity contribution in [2.75, 3.05) is 38.1 Å². The first-order valence-corrected chi connectivity index (χ1v) is 10.4. The van der Waals surface area contributed by atoms with Crippen LogP contribution in [0.1, 0.15) is 15.9 Å². The maximum atomic E-state index is 12.4. The van der Waals surface area contributed by atoms with Gasteiger partial charge in [0, 0.05) is 23.5 Å². The second-order valence-corrected chi connectivity index (χ2v) is 7.67. The van der Waals surface area contributed by atoms with Gasteiger partial charge in [-0.25, -0.2) is 0 Å². The summed E-state index contributed by atoms with van der Waals surface area (Å²) >= 11 is 0. The standard InChI is InChI=1S/C25H25N3O5/c1-28(14-17-3-12-22-23(13-17)33-16-32-22)15-24(29)26-19-6-4-18(5-7-19)25(30)27-20-8-10-21(31-2)11-9-20/h3-13H,14-16H2,1-2H3,(H,26,29)(H,27,30). The van der Waals surface area contributed by atoms with Crippen molar-refractivity contribution < 1.29 is 23.8 Å². The average Bonchev–Trinajstić information content (AvgIpc) is 3.28. The predicted molar refractivity (Wildman–Crippen MR) is 125 cm³/mol. The van der Waals surface area contributed by atoms with Crippen molar-refractivity contribution in [3.05, 3.63) is 77.9 Å². The van der Waals surface area contributed by atoms with Gasteiger partial charge in [0.1, 0.15) is 5.75 Å². The van der Waals surface area contributed by atoms with Gasteiger partial charge in [-0.1, -0.05) is 6.07 Å². The zero-order valence-corrected chi connectivity index (χ0v) is 18.5. The number of rotatable bonds is 8. The van der Waals surface area contributed by atoms with Crippen LogP contribution in [-0.2, 0) is 11.3 Å². The van der Waals surface area contributed by atoms with Crippen LogP contribution < -0.4 is 24.8 Å². The molecule has 0 fully saturated rings. The second kappa shape index (κ2) is 10.1. The molecule has 0 saturated carbocycles. The first-order valence-electron chi connectivity index (χ1n) is 10.4. The molecule has 0 unspecified atom stereocenters. The van der Waals surface area contributed by atoms with Crippen LogP contribution in [0.4, 0.5) is 11.4 Å². The minimum Gasteiger partial charge on any atom is -0.497 e. The first kappa shape index (κ1) is 22.2. The third-order valence-electron chi connectivity index (χ3n) is 5.08. The molecule has 0 aliphatic carbocycles. The van der Waals surface area contributed by atoms with E-state index in [0.29, 0.717) is 23.5 Å². The lowest BCUT2D eigenvalue weighted by molar-refractivity contribution is -0.117. The minimum atomic E-state index is -0.235. The Labute approximate surface area is 192 Å². The first-order chi connectivity index (χ1) is 16.0. The fourth-order valence-electron chi connectivity index (χ4n) is 3.44. The highest BCUT2D eigenvalue weighted by Gasteiger charge is 2.15. The fourth-order valence-corrected chi connectivity index (χ4v) is 3.44. The van der Waals surface area contributed by atoms with Gasteiger partial charge in [-0.3, -0.25) is 14.5 Å². The molecule has 1 aliphatic heterocycles. The van der Waals surface area contributed by atoms with Gasteiger partial charge in [0.2, 0.25) is 12.7 Å². The van der Waals surface area contributed by atoms with E-state index < -0.39 is 0 Å². The molecule has 0 spiro atoms. The molecule has 1 aliphatic rings. The Kier molecular flexibility index (Phi) is 6.75. The van der Waals surface area contributed by atoms with Crippen molar-refractivity contribution in [1.82, 2.24) is 4.90 Å². The predicted octanol–water partition coefficient (Wildman–Crippen LogP) is 3.75. The number of benzene rings is 3. The molecule has 0 radical (unpaired) electrons. The van der Waals surface area contributed by atoms with Gasteiger partial charge in [0.25, 0.3) is 5.91 Å². The molecule has 0 aromatic heterocycles. The maximum Gasteiger partial charge on any atom is 0.255 e. The Bertz CT molecular complexity index is 1130. The Morgan fingerprint density at radius 1 is 0.909 bits per heavy atom. The van der Waals surface area contributed by atoms with Gasteiger partial charge < -0.3 is 24.8 Å². The summed E-state index contributed by atoms with van der Waals surface area (Å²) < 4.78 is 15.8. The average molecular weight is 447 g/mol. The molecule has 2 amide bonds. The summed E-state index contributed by atoms with van der Waals surface area (Å²) in [4.78, 5) is 26.8. The van der Waals surface area contributed by atoms with E-state index in [9.17, 15) is 9.59 Å². The molecule has 2 N–H and O–H groups in total. The summed E-state index contributed by atoms with van der Waals surface area (Å²) in [6.07, 6.45) is 0. The van der Waals surface area contributed by atoms with E-state index in [1.807, 2.05) is 30.1 Å². The minimum absolute atomic E-state index is 0.145. The number of hydrogen-bond acceptors (Lipinski definition) is 6. The summed E-state index contributed by atoms with van der Waals surface area (Å²) in [5.41, 5.74) is 2.81. The van der Waals surface area contributed by atoms with Gasteiger partial charge in [-0.2, -0.15) is 0 Å². The summed E-state index contributed by atoms with van der Waals surface area (Å²) in [7, 11) is 3.46. The molecule has 4 rings (SSSR count). The van der Waals surface area contributed by atoms with Crippen molar-refractivity contribution in [3.63, 3.8) is 0 Å². The Hall–Kier alpha value is -4.04. The maximum absolute atomic E-state index is 12.4. The highest BCUT2D eigenvalue weighted by molar-refractivity contribution is 6.04. The Balaban J connectivity index is 1.27. The molecule has 3 aromatic rings. The summed E-state index contributed by atoms with van der Waals surface area (Å²) in [6, 6.07) is 19.6. The fraction of sp³-hybridized carbons (Fsp3) is 0.200. The highest BCUT2D eigenvalue weighted by atomic mass is 16.7. The van der Waals surface area contributed by atoms with Crippen LogP contribution in [0.5, 0.6) is 17.2 Å². The van der Waals surface area contributed by atoms with Crippen LogP contribution in [0, 0.1) is 0 Å². The lowest BCUT2D eigenvalue weighted by Gasteiger charge is -2.16. The third kappa shape index (κ3) is 5.81. The van der Waals surface area contributed by atoms with Crippen molar-refractivity contribution in [3.8, 4) is 17.2 Å². The number of likely N-dealkylation sites (N-methyl/N-ethyl adjacent to an activating group) is 1. The number of fused-ring (bicyclic) bond motifs is 1. The molecular weight excluding hydrogens is 422 g/mol. The Morgan fingerprint density at radius 3 is 2.30 bits per heavy atom. The number of carbonyl (C=O) groups is 2. The molecule has 33 heavy (non-hydrogen) atoms. The molecule has 8 nitrogen and oxygen atoms in total. The van der Waals surface area contributed by atoms with E-state index in [1.165, 1.54) is 0 Å². The van der Waals surface area contributed by atoms with Gasteiger partial charge >= 0.3 is 0 Å². The lowest BCUT2D eigenvalue weighted by atomic mass is 10.2. The summed E-state index contributed by atoms with van der Waals surface area (Å²) in [5.74, 6) is 1.80. The monoisotopic (exact) mass is 447 g/mol. The van der Waals surface area contributed by atoms with Gasteiger partial charge in [-0.15, -0.1) is 0 Å². The normalized spacial score (nSPS) is 11.8.